The average Bonchev–Trinajstić information content (AvgIpc) is 2.86. The highest BCUT2D eigenvalue weighted by molar-refractivity contribution is 5.54. The Hall–Kier alpha value is -1.89. The Morgan fingerprint density at radius 2 is 2.00 bits per heavy atom. The quantitative estimate of drug-likeness (QED) is 0.869. The molecule has 0 saturated heterocycles. The van der Waals surface area contributed by atoms with Crippen LogP contribution in [-0.2, 0) is 0 Å². The molecule has 102 valence electrons. The Labute approximate surface area is 106 Å². The second-order valence-electron chi connectivity index (χ2n) is 3.99. The summed E-state index contributed by atoms with van der Waals surface area (Å²) < 4.78 is 44.1. The van der Waals surface area contributed by atoms with Gasteiger partial charge in [0.25, 0.3) is 5.89 Å². The van der Waals surface area contributed by atoms with E-state index in [0.717, 1.165) is 12.1 Å². The SMILES string of the molecule is CCCC(O)c1noc(-c2ccc(F)c(F)c2F)n1. The van der Waals surface area contributed by atoms with E-state index in [1.807, 2.05) is 6.92 Å². The fourth-order valence-electron chi connectivity index (χ4n) is 1.57. The lowest BCUT2D eigenvalue weighted by molar-refractivity contribution is 0.153. The van der Waals surface area contributed by atoms with Gasteiger partial charge in [0.05, 0.1) is 5.56 Å². The lowest BCUT2D eigenvalue weighted by Gasteiger charge is -2.01. The molecule has 0 aliphatic heterocycles. The molecule has 1 N–H and O–H groups in total. The van der Waals surface area contributed by atoms with Crippen molar-refractivity contribution in [2.75, 3.05) is 0 Å². The molecule has 0 aliphatic rings. The van der Waals surface area contributed by atoms with E-state index >= 15 is 0 Å². The maximum Gasteiger partial charge on any atom is 0.261 e. The van der Waals surface area contributed by atoms with E-state index in [1.54, 1.807) is 0 Å². The van der Waals surface area contributed by atoms with Gasteiger partial charge < -0.3 is 9.63 Å². The molecule has 7 heteroatoms. The highest BCUT2D eigenvalue weighted by atomic mass is 19.2. The number of benzene rings is 1. The Balaban J connectivity index is 2.36. The monoisotopic (exact) mass is 272 g/mol. The summed E-state index contributed by atoms with van der Waals surface area (Å²) in [6.07, 6.45) is 0.181. The van der Waals surface area contributed by atoms with E-state index in [4.69, 9.17) is 4.52 Å². The van der Waals surface area contributed by atoms with Crippen LogP contribution in [0.15, 0.2) is 16.7 Å². The summed E-state index contributed by atoms with van der Waals surface area (Å²) in [5.41, 5.74) is -0.346. The predicted molar refractivity (Wildman–Crippen MR) is 59.5 cm³/mol. The molecule has 0 amide bonds. The van der Waals surface area contributed by atoms with Crippen LogP contribution >= 0.6 is 0 Å². The number of rotatable bonds is 4. The van der Waals surface area contributed by atoms with Crippen LogP contribution in [0, 0.1) is 17.5 Å². The van der Waals surface area contributed by atoms with Crippen LogP contribution in [0.1, 0.15) is 31.7 Å². The van der Waals surface area contributed by atoms with Crippen LogP contribution in [0.5, 0.6) is 0 Å². The van der Waals surface area contributed by atoms with Crippen molar-refractivity contribution in [3.63, 3.8) is 0 Å². The van der Waals surface area contributed by atoms with Crippen LogP contribution in [0.2, 0.25) is 0 Å². The molecule has 0 aliphatic carbocycles. The first-order valence-electron chi connectivity index (χ1n) is 5.70. The van der Waals surface area contributed by atoms with Gasteiger partial charge in [-0.05, 0) is 18.6 Å². The minimum atomic E-state index is -1.61. The van der Waals surface area contributed by atoms with Gasteiger partial charge in [-0.1, -0.05) is 18.5 Å². The van der Waals surface area contributed by atoms with Crippen molar-refractivity contribution >= 4 is 0 Å². The number of hydrogen-bond donors (Lipinski definition) is 1. The van der Waals surface area contributed by atoms with Gasteiger partial charge in [-0.2, -0.15) is 4.98 Å². The van der Waals surface area contributed by atoms with Crippen LogP contribution in [0.4, 0.5) is 13.2 Å². The third-order valence-electron chi connectivity index (χ3n) is 2.57. The fourth-order valence-corrected chi connectivity index (χ4v) is 1.57. The smallest absolute Gasteiger partial charge is 0.261 e. The second-order valence-corrected chi connectivity index (χ2v) is 3.99. The van der Waals surface area contributed by atoms with Crippen molar-refractivity contribution in [2.24, 2.45) is 0 Å². The molecule has 1 unspecified atom stereocenters. The zero-order valence-electron chi connectivity index (χ0n) is 10.0. The van der Waals surface area contributed by atoms with Crippen LogP contribution < -0.4 is 0 Å². The van der Waals surface area contributed by atoms with Crippen molar-refractivity contribution in [2.45, 2.75) is 25.9 Å². The van der Waals surface area contributed by atoms with E-state index in [2.05, 4.69) is 10.1 Å². The van der Waals surface area contributed by atoms with E-state index in [0.29, 0.717) is 12.8 Å². The lowest BCUT2D eigenvalue weighted by atomic mass is 10.2. The largest absolute Gasteiger partial charge is 0.385 e. The van der Waals surface area contributed by atoms with Crippen molar-refractivity contribution in [1.82, 2.24) is 10.1 Å². The number of nitrogens with zero attached hydrogens (tertiary/aromatic N) is 2. The summed E-state index contributed by atoms with van der Waals surface area (Å²) >= 11 is 0. The maximum absolute atomic E-state index is 13.5. The Morgan fingerprint density at radius 1 is 1.26 bits per heavy atom. The minimum absolute atomic E-state index is 0.0130. The molecule has 0 spiro atoms. The first-order chi connectivity index (χ1) is 9.04. The van der Waals surface area contributed by atoms with Crippen LogP contribution in [0.3, 0.4) is 0 Å². The minimum Gasteiger partial charge on any atom is -0.385 e. The molecule has 1 aromatic carbocycles. The molecule has 0 bridgehead atoms. The first-order valence-corrected chi connectivity index (χ1v) is 5.70. The Kier molecular flexibility index (Phi) is 3.84. The number of hydrogen-bond acceptors (Lipinski definition) is 4. The fraction of sp³-hybridized carbons (Fsp3) is 0.333. The second kappa shape index (κ2) is 5.40. The van der Waals surface area contributed by atoms with E-state index in [1.165, 1.54) is 0 Å². The first kappa shape index (κ1) is 13.5. The number of aliphatic hydroxyl groups excluding tert-OH is 1. The number of halogens is 3. The summed E-state index contributed by atoms with van der Waals surface area (Å²) in [4.78, 5) is 3.77. The molecular weight excluding hydrogens is 261 g/mol. The van der Waals surface area contributed by atoms with Crippen molar-refractivity contribution < 1.29 is 22.8 Å². The molecule has 0 saturated carbocycles. The number of aliphatic hydroxyl groups is 1. The van der Waals surface area contributed by atoms with Crippen LogP contribution in [0.25, 0.3) is 11.5 Å². The van der Waals surface area contributed by atoms with Crippen LogP contribution in [-0.4, -0.2) is 15.2 Å². The zero-order chi connectivity index (χ0) is 14.0. The van der Waals surface area contributed by atoms with E-state index < -0.39 is 23.6 Å². The molecule has 1 aromatic heterocycles. The topological polar surface area (TPSA) is 59.2 Å². The van der Waals surface area contributed by atoms with Crippen molar-refractivity contribution in [3.8, 4) is 11.5 Å². The van der Waals surface area contributed by atoms with Crippen molar-refractivity contribution in [3.05, 3.63) is 35.4 Å². The van der Waals surface area contributed by atoms with Gasteiger partial charge in [0.15, 0.2) is 17.5 Å². The molecule has 19 heavy (non-hydrogen) atoms. The molecular formula is C12H11F3N2O2. The molecule has 1 heterocycles. The Bertz CT molecular complexity index is 586. The highest BCUT2D eigenvalue weighted by Gasteiger charge is 2.21. The molecule has 1 atom stereocenters. The normalized spacial score (nSPS) is 12.7. The maximum atomic E-state index is 13.5. The van der Waals surface area contributed by atoms with Gasteiger partial charge in [-0.25, -0.2) is 13.2 Å². The van der Waals surface area contributed by atoms with E-state index in [9.17, 15) is 18.3 Å². The summed E-state index contributed by atoms with van der Waals surface area (Å²) in [7, 11) is 0. The van der Waals surface area contributed by atoms with Gasteiger partial charge >= 0.3 is 0 Å². The Morgan fingerprint density at radius 3 is 2.68 bits per heavy atom. The summed E-state index contributed by atoms with van der Waals surface area (Å²) in [6.45, 7) is 1.86. The molecule has 4 nitrogen and oxygen atoms in total. The highest BCUT2D eigenvalue weighted by Crippen LogP contribution is 2.26. The van der Waals surface area contributed by atoms with Gasteiger partial charge in [0.2, 0.25) is 5.82 Å². The molecule has 2 aromatic rings. The van der Waals surface area contributed by atoms with Gasteiger partial charge in [0, 0.05) is 0 Å². The number of aromatic nitrogens is 2. The standard InChI is InChI=1S/C12H11F3N2O2/c1-2-3-8(18)11-16-12(19-17-11)6-4-5-7(13)10(15)9(6)14/h4-5,8,18H,2-3H2,1H3. The average molecular weight is 272 g/mol. The van der Waals surface area contributed by atoms with Crippen molar-refractivity contribution in [1.29, 1.82) is 0 Å². The summed E-state index contributed by atoms with van der Waals surface area (Å²) in [5, 5.41) is 13.1. The molecule has 0 radical (unpaired) electrons. The van der Waals surface area contributed by atoms with E-state index in [-0.39, 0.29) is 17.3 Å². The third kappa shape index (κ3) is 2.60. The summed E-state index contributed by atoms with van der Waals surface area (Å²) in [6, 6.07) is 1.76. The lowest BCUT2D eigenvalue weighted by Crippen LogP contribution is -1.99. The zero-order valence-corrected chi connectivity index (χ0v) is 10.0. The molecule has 0 fully saturated rings. The third-order valence-corrected chi connectivity index (χ3v) is 2.57. The van der Waals surface area contributed by atoms with Gasteiger partial charge in [-0.3, -0.25) is 0 Å². The summed E-state index contributed by atoms with van der Waals surface area (Å²) in [5.74, 6) is -4.62. The van der Waals surface area contributed by atoms with Gasteiger partial charge in [0.1, 0.15) is 6.10 Å². The molecule has 2 rings (SSSR count). The van der Waals surface area contributed by atoms with Gasteiger partial charge in [-0.15, -0.1) is 0 Å². The predicted octanol–water partition coefficient (Wildman–Crippen LogP) is 2.99.